The van der Waals surface area contributed by atoms with Gasteiger partial charge < -0.3 is 10.5 Å². The molecule has 180 valence electrons. The first-order valence-corrected chi connectivity index (χ1v) is 11.3. The van der Waals surface area contributed by atoms with Crippen LogP contribution in [0.15, 0.2) is 72.9 Å². The summed E-state index contributed by atoms with van der Waals surface area (Å²) in [5.74, 6) is -0.489. The number of aryl methyl sites for hydroxylation is 1. The number of nitrogens with two attached hydrogens (primary N) is 1. The van der Waals surface area contributed by atoms with Crippen molar-refractivity contribution in [3.8, 4) is 11.5 Å². The van der Waals surface area contributed by atoms with Gasteiger partial charge in [0, 0.05) is 28.5 Å². The highest BCUT2D eigenvalue weighted by molar-refractivity contribution is 6.16. The second-order valence-corrected chi connectivity index (χ2v) is 8.81. The lowest BCUT2D eigenvalue weighted by atomic mass is 10.0. The lowest BCUT2D eigenvalue weighted by molar-refractivity contribution is -0.133. The zero-order chi connectivity index (χ0) is 25.4. The van der Waals surface area contributed by atoms with Gasteiger partial charge in [-0.2, -0.15) is 0 Å². The number of hydrogen-bond acceptors (Lipinski definition) is 5. The third-order valence-electron chi connectivity index (χ3n) is 6.46. The number of ether oxygens (including phenoxy) is 1. The van der Waals surface area contributed by atoms with E-state index in [-0.39, 0.29) is 0 Å². The van der Waals surface area contributed by atoms with Crippen molar-refractivity contribution in [2.75, 3.05) is 4.90 Å². The van der Waals surface area contributed by atoms with Crippen LogP contribution in [-0.4, -0.2) is 23.1 Å². The lowest BCUT2D eigenvalue weighted by Gasteiger charge is -2.26. The number of aldehydes is 1. The molecule has 8 heteroatoms. The molecule has 0 spiro atoms. The zero-order valence-electron chi connectivity index (χ0n) is 19.4. The fourth-order valence-corrected chi connectivity index (χ4v) is 4.18. The Bertz CT molecular complexity index is 1500. The van der Waals surface area contributed by atoms with E-state index >= 15 is 0 Å². The quantitative estimate of drug-likeness (QED) is 0.287. The normalized spacial score (nSPS) is 13.7. The van der Waals surface area contributed by atoms with Gasteiger partial charge in [0.25, 0.3) is 0 Å². The van der Waals surface area contributed by atoms with E-state index in [1.807, 2.05) is 13.0 Å². The van der Waals surface area contributed by atoms with Crippen LogP contribution in [0.5, 0.6) is 11.5 Å². The van der Waals surface area contributed by atoms with Crippen molar-refractivity contribution in [2.24, 2.45) is 11.1 Å². The molecule has 1 fully saturated rings. The number of nitrogens with zero attached hydrogens (tertiary/aromatic N) is 2. The first-order chi connectivity index (χ1) is 17.3. The van der Waals surface area contributed by atoms with Crippen LogP contribution < -0.4 is 15.4 Å². The van der Waals surface area contributed by atoms with Crippen molar-refractivity contribution in [1.29, 1.82) is 0 Å². The second-order valence-electron chi connectivity index (χ2n) is 8.81. The summed E-state index contributed by atoms with van der Waals surface area (Å²) in [4.78, 5) is 42.5. The van der Waals surface area contributed by atoms with Crippen LogP contribution in [0.25, 0.3) is 10.9 Å². The van der Waals surface area contributed by atoms with Crippen LogP contribution >= 0.6 is 0 Å². The number of primary amides is 1. The van der Waals surface area contributed by atoms with Crippen molar-refractivity contribution >= 4 is 40.4 Å². The maximum atomic E-state index is 13.6. The number of fused-ring (bicyclic) bond motifs is 1. The minimum atomic E-state index is -1.25. The molecule has 1 saturated carbocycles. The van der Waals surface area contributed by atoms with E-state index in [1.165, 1.54) is 29.2 Å². The molecule has 2 N–H and O–H groups in total. The first kappa shape index (κ1) is 23.2. The molecule has 1 aliphatic carbocycles. The Morgan fingerprint density at radius 2 is 1.67 bits per heavy atom. The van der Waals surface area contributed by atoms with Crippen molar-refractivity contribution < 1.29 is 23.5 Å². The molecule has 0 saturated heterocycles. The molecule has 3 aromatic carbocycles. The van der Waals surface area contributed by atoms with E-state index < -0.39 is 23.0 Å². The number of carbonyl (C=O) groups excluding carboxylic acids is 3. The number of rotatable bonds is 7. The third kappa shape index (κ3) is 4.07. The van der Waals surface area contributed by atoms with E-state index in [1.54, 1.807) is 42.6 Å². The van der Waals surface area contributed by atoms with Gasteiger partial charge in [-0.05, 0) is 92.1 Å². The third-order valence-corrected chi connectivity index (χ3v) is 6.46. The SMILES string of the molecule is Cc1cc2c(Oc3ccc(N(C(=O)C4(C(N)=O)CC4)c4ccc(F)cc4)cc3)ccnc2cc1C=O. The van der Waals surface area contributed by atoms with Crippen LogP contribution in [0.1, 0.15) is 28.8 Å². The van der Waals surface area contributed by atoms with E-state index in [0.29, 0.717) is 46.8 Å². The smallest absolute Gasteiger partial charge is 0.247 e. The molecule has 0 aliphatic heterocycles. The largest absolute Gasteiger partial charge is 0.457 e. The molecule has 0 unspecified atom stereocenters. The molecular weight excluding hydrogens is 461 g/mol. The minimum Gasteiger partial charge on any atom is -0.457 e. The average molecular weight is 483 g/mol. The molecule has 4 aromatic rings. The van der Waals surface area contributed by atoms with E-state index in [2.05, 4.69) is 4.98 Å². The fraction of sp³-hybridized carbons (Fsp3) is 0.143. The number of anilines is 2. The van der Waals surface area contributed by atoms with Crippen LogP contribution in [-0.2, 0) is 9.59 Å². The van der Waals surface area contributed by atoms with Crippen molar-refractivity contribution in [2.45, 2.75) is 19.8 Å². The van der Waals surface area contributed by atoms with Crippen LogP contribution in [0.3, 0.4) is 0 Å². The molecule has 1 heterocycles. The van der Waals surface area contributed by atoms with Gasteiger partial charge in [0.1, 0.15) is 29.0 Å². The lowest BCUT2D eigenvalue weighted by Crippen LogP contribution is -2.41. The molecule has 36 heavy (non-hydrogen) atoms. The summed E-state index contributed by atoms with van der Waals surface area (Å²) in [6.07, 6.45) is 3.14. The predicted molar refractivity (Wildman–Crippen MR) is 133 cm³/mol. The van der Waals surface area contributed by atoms with Crippen molar-refractivity contribution in [1.82, 2.24) is 4.98 Å². The molecule has 0 radical (unpaired) electrons. The summed E-state index contributed by atoms with van der Waals surface area (Å²) in [6, 6.07) is 17.5. The number of pyridine rings is 1. The summed E-state index contributed by atoms with van der Waals surface area (Å²) >= 11 is 0. The first-order valence-electron chi connectivity index (χ1n) is 11.3. The fourth-order valence-electron chi connectivity index (χ4n) is 4.18. The molecule has 0 atom stereocenters. The molecule has 7 nitrogen and oxygen atoms in total. The summed E-state index contributed by atoms with van der Waals surface area (Å²) in [7, 11) is 0. The monoisotopic (exact) mass is 483 g/mol. The number of benzene rings is 3. The Morgan fingerprint density at radius 1 is 1.03 bits per heavy atom. The Hall–Kier alpha value is -4.59. The maximum absolute atomic E-state index is 13.6. The number of halogens is 1. The van der Waals surface area contributed by atoms with Crippen molar-refractivity contribution in [3.05, 3.63) is 89.9 Å². The van der Waals surface area contributed by atoms with Gasteiger partial charge in [-0.3, -0.25) is 24.3 Å². The highest BCUT2D eigenvalue weighted by atomic mass is 19.1. The Kier molecular flexibility index (Phi) is 5.72. The molecule has 1 aromatic heterocycles. The van der Waals surface area contributed by atoms with Crippen molar-refractivity contribution in [3.63, 3.8) is 0 Å². The van der Waals surface area contributed by atoms with E-state index in [4.69, 9.17) is 10.5 Å². The Labute approximate surface area is 206 Å². The summed E-state index contributed by atoms with van der Waals surface area (Å²) < 4.78 is 19.6. The second kappa shape index (κ2) is 8.88. The van der Waals surface area contributed by atoms with Gasteiger partial charge in [-0.25, -0.2) is 4.39 Å². The highest BCUT2D eigenvalue weighted by Crippen LogP contribution is 2.49. The van der Waals surface area contributed by atoms with Crippen LogP contribution in [0.4, 0.5) is 15.8 Å². The summed E-state index contributed by atoms with van der Waals surface area (Å²) in [6.45, 7) is 1.84. The van der Waals surface area contributed by atoms with Gasteiger partial charge in [0.05, 0.1) is 5.52 Å². The maximum Gasteiger partial charge on any atom is 0.247 e. The van der Waals surface area contributed by atoms with Crippen LogP contribution in [0.2, 0.25) is 0 Å². The van der Waals surface area contributed by atoms with Gasteiger partial charge in [-0.1, -0.05) is 0 Å². The average Bonchev–Trinajstić information content (AvgIpc) is 3.69. The Balaban J connectivity index is 1.48. The summed E-state index contributed by atoms with van der Waals surface area (Å²) in [5, 5.41) is 0.755. The van der Waals surface area contributed by atoms with Gasteiger partial charge in [0.15, 0.2) is 0 Å². The molecule has 2 amide bonds. The van der Waals surface area contributed by atoms with E-state index in [0.717, 1.165) is 17.2 Å². The predicted octanol–water partition coefficient (Wildman–Crippen LogP) is 5.22. The number of hydrogen-bond donors (Lipinski definition) is 1. The molecule has 1 aliphatic rings. The minimum absolute atomic E-state index is 0.375. The Morgan fingerprint density at radius 3 is 2.25 bits per heavy atom. The number of aromatic nitrogens is 1. The van der Waals surface area contributed by atoms with E-state index in [9.17, 15) is 18.8 Å². The molecule has 5 rings (SSSR count). The number of amides is 2. The molecular formula is C28H22FN3O4. The summed E-state index contributed by atoms with van der Waals surface area (Å²) in [5.41, 5.74) is 7.20. The highest BCUT2D eigenvalue weighted by Gasteiger charge is 2.57. The van der Waals surface area contributed by atoms with Gasteiger partial charge in [0.2, 0.25) is 11.8 Å². The topological polar surface area (TPSA) is 103 Å². The zero-order valence-corrected chi connectivity index (χ0v) is 19.4. The van der Waals surface area contributed by atoms with Crippen LogP contribution in [0, 0.1) is 18.2 Å². The van der Waals surface area contributed by atoms with Gasteiger partial charge >= 0.3 is 0 Å². The number of carbonyl (C=O) groups is 3. The molecule has 0 bridgehead atoms. The van der Waals surface area contributed by atoms with Gasteiger partial charge in [-0.15, -0.1) is 0 Å². The standard InChI is InChI=1S/C28H22FN3O4/c1-17-14-23-24(15-18(17)16-33)31-13-10-25(23)36-22-8-6-21(7-9-22)32(20-4-2-19(29)3-5-20)27(35)28(11-12-28)26(30)34/h2-10,13-16H,11-12H2,1H3,(H2,30,34).